The lowest BCUT2D eigenvalue weighted by Crippen LogP contribution is -2.22. The van der Waals surface area contributed by atoms with Gasteiger partial charge in [-0.2, -0.15) is 5.26 Å². The standard InChI is InChI=1S/C19H17N3O3S/c1-12-13(2)26-18-17(12)19(24)22(11-21-18)8-7-16(23)25-10-15-5-3-14(9-20)4-6-15/h3-6,11H,7-8,10H2,1-2H3. The van der Waals surface area contributed by atoms with Crippen molar-refractivity contribution in [3.05, 3.63) is 62.5 Å². The van der Waals surface area contributed by atoms with Crippen LogP contribution in [-0.2, 0) is 22.7 Å². The predicted molar refractivity (Wildman–Crippen MR) is 98.9 cm³/mol. The van der Waals surface area contributed by atoms with Crippen molar-refractivity contribution in [3.8, 4) is 6.07 Å². The molecule has 3 rings (SSSR count). The highest BCUT2D eigenvalue weighted by Crippen LogP contribution is 2.25. The van der Waals surface area contributed by atoms with E-state index in [0.717, 1.165) is 20.8 Å². The van der Waals surface area contributed by atoms with E-state index in [4.69, 9.17) is 10.00 Å². The average Bonchev–Trinajstić information content (AvgIpc) is 2.94. The Balaban J connectivity index is 1.61. The molecule has 0 fully saturated rings. The van der Waals surface area contributed by atoms with Crippen LogP contribution in [0.15, 0.2) is 35.4 Å². The fraction of sp³-hybridized carbons (Fsp3) is 0.263. The second kappa shape index (κ2) is 7.50. The molecule has 1 aromatic carbocycles. The van der Waals surface area contributed by atoms with Gasteiger partial charge < -0.3 is 4.74 Å². The van der Waals surface area contributed by atoms with E-state index in [-0.39, 0.29) is 31.1 Å². The number of nitriles is 1. The van der Waals surface area contributed by atoms with Gasteiger partial charge in [0, 0.05) is 11.4 Å². The van der Waals surface area contributed by atoms with Crippen molar-refractivity contribution in [1.82, 2.24) is 9.55 Å². The molecule has 0 saturated carbocycles. The van der Waals surface area contributed by atoms with Crippen LogP contribution in [-0.4, -0.2) is 15.5 Å². The van der Waals surface area contributed by atoms with Crippen LogP contribution in [0.25, 0.3) is 10.2 Å². The molecule has 0 aliphatic rings. The molecule has 6 nitrogen and oxygen atoms in total. The summed E-state index contributed by atoms with van der Waals surface area (Å²) < 4.78 is 6.67. The number of esters is 1. The van der Waals surface area contributed by atoms with E-state index < -0.39 is 0 Å². The van der Waals surface area contributed by atoms with Gasteiger partial charge in [-0.15, -0.1) is 11.3 Å². The van der Waals surface area contributed by atoms with E-state index in [2.05, 4.69) is 4.98 Å². The van der Waals surface area contributed by atoms with E-state index >= 15 is 0 Å². The summed E-state index contributed by atoms with van der Waals surface area (Å²) in [6, 6.07) is 8.88. The zero-order valence-corrected chi connectivity index (χ0v) is 15.3. The number of aromatic nitrogens is 2. The molecule has 7 heteroatoms. The Labute approximate surface area is 154 Å². The van der Waals surface area contributed by atoms with Crippen LogP contribution < -0.4 is 5.56 Å². The van der Waals surface area contributed by atoms with Gasteiger partial charge in [0.15, 0.2) is 0 Å². The molecule has 132 valence electrons. The minimum Gasteiger partial charge on any atom is -0.461 e. The molecule has 0 spiro atoms. The van der Waals surface area contributed by atoms with Gasteiger partial charge in [-0.1, -0.05) is 12.1 Å². The van der Waals surface area contributed by atoms with Gasteiger partial charge in [0.1, 0.15) is 11.4 Å². The molecule has 2 aromatic heterocycles. The van der Waals surface area contributed by atoms with Crippen LogP contribution in [0.3, 0.4) is 0 Å². The average molecular weight is 367 g/mol. The highest BCUT2D eigenvalue weighted by molar-refractivity contribution is 7.18. The third-order valence-corrected chi connectivity index (χ3v) is 5.31. The largest absolute Gasteiger partial charge is 0.461 e. The van der Waals surface area contributed by atoms with E-state index in [1.807, 2.05) is 19.9 Å². The Hall–Kier alpha value is -2.98. The predicted octanol–water partition coefficient (Wildman–Crippen LogP) is 3.08. The smallest absolute Gasteiger partial charge is 0.307 e. The zero-order valence-electron chi connectivity index (χ0n) is 14.5. The number of hydrogen-bond acceptors (Lipinski definition) is 6. The summed E-state index contributed by atoms with van der Waals surface area (Å²) in [6.07, 6.45) is 1.57. The van der Waals surface area contributed by atoms with Crippen LogP contribution in [0.4, 0.5) is 0 Å². The molecule has 0 saturated heterocycles. The lowest BCUT2D eigenvalue weighted by molar-refractivity contribution is -0.145. The topological polar surface area (TPSA) is 85.0 Å². The van der Waals surface area contributed by atoms with Crippen molar-refractivity contribution in [2.45, 2.75) is 33.4 Å². The van der Waals surface area contributed by atoms with Crippen LogP contribution in [0.5, 0.6) is 0 Å². The second-order valence-electron chi connectivity index (χ2n) is 5.93. The molecule has 0 radical (unpaired) electrons. The van der Waals surface area contributed by atoms with Crippen molar-refractivity contribution in [2.24, 2.45) is 0 Å². The monoisotopic (exact) mass is 367 g/mol. The van der Waals surface area contributed by atoms with Crippen molar-refractivity contribution in [1.29, 1.82) is 5.26 Å². The van der Waals surface area contributed by atoms with Crippen LogP contribution in [0, 0.1) is 25.2 Å². The van der Waals surface area contributed by atoms with Gasteiger partial charge in [0.05, 0.1) is 29.8 Å². The van der Waals surface area contributed by atoms with Gasteiger partial charge in [0.25, 0.3) is 5.56 Å². The van der Waals surface area contributed by atoms with Crippen LogP contribution >= 0.6 is 11.3 Å². The van der Waals surface area contributed by atoms with Crippen molar-refractivity contribution >= 4 is 27.5 Å². The van der Waals surface area contributed by atoms with Crippen LogP contribution in [0.2, 0.25) is 0 Å². The Kier molecular flexibility index (Phi) is 5.14. The summed E-state index contributed by atoms with van der Waals surface area (Å²) in [5, 5.41) is 9.39. The Morgan fingerprint density at radius 3 is 2.73 bits per heavy atom. The maximum Gasteiger partial charge on any atom is 0.307 e. The lowest BCUT2D eigenvalue weighted by atomic mass is 10.2. The quantitative estimate of drug-likeness (QED) is 0.647. The van der Waals surface area contributed by atoms with E-state index in [9.17, 15) is 9.59 Å². The number of ether oxygens (including phenoxy) is 1. The number of thiophene rings is 1. The minimum atomic E-state index is -0.389. The first-order valence-electron chi connectivity index (χ1n) is 8.09. The second-order valence-corrected chi connectivity index (χ2v) is 7.13. The Morgan fingerprint density at radius 1 is 1.31 bits per heavy atom. The maximum absolute atomic E-state index is 12.6. The lowest BCUT2D eigenvalue weighted by Gasteiger charge is -2.07. The van der Waals surface area contributed by atoms with Crippen molar-refractivity contribution in [2.75, 3.05) is 0 Å². The van der Waals surface area contributed by atoms with E-state index in [1.54, 1.807) is 24.3 Å². The van der Waals surface area contributed by atoms with E-state index in [1.165, 1.54) is 22.2 Å². The van der Waals surface area contributed by atoms with Crippen LogP contribution in [0.1, 0.15) is 28.0 Å². The summed E-state index contributed by atoms with van der Waals surface area (Å²) in [7, 11) is 0. The molecule has 0 unspecified atom stereocenters. The van der Waals surface area contributed by atoms with Gasteiger partial charge in [0.2, 0.25) is 0 Å². The summed E-state index contributed by atoms with van der Waals surface area (Å²) in [5.74, 6) is -0.389. The maximum atomic E-state index is 12.6. The summed E-state index contributed by atoms with van der Waals surface area (Å²) in [5.41, 5.74) is 2.18. The summed E-state index contributed by atoms with van der Waals surface area (Å²) >= 11 is 1.50. The number of aryl methyl sites for hydroxylation is 3. The molecule has 2 heterocycles. The highest BCUT2D eigenvalue weighted by atomic mass is 32.1. The number of benzene rings is 1. The molecular formula is C19H17N3O3S. The van der Waals surface area contributed by atoms with Gasteiger partial charge in [-0.25, -0.2) is 4.98 Å². The normalized spacial score (nSPS) is 10.7. The number of carbonyl (C=O) groups excluding carboxylic acids is 1. The number of carbonyl (C=O) groups is 1. The summed E-state index contributed by atoms with van der Waals surface area (Å²) in [6.45, 7) is 4.24. The molecule has 0 N–H and O–H groups in total. The van der Waals surface area contributed by atoms with E-state index in [0.29, 0.717) is 10.9 Å². The molecule has 3 aromatic rings. The first-order chi connectivity index (χ1) is 12.5. The molecule has 0 amide bonds. The Bertz CT molecular complexity index is 1060. The molecule has 0 aliphatic heterocycles. The number of rotatable bonds is 5. The number of hydrogen-bond donors (Lipinski definition) is 0. The molecule has 26 heavy (non-hydrogen) atoms. The minimum absolute atomic E-state index is 0.0888. The molecular weight excluding hydrogens is 350 g/mol. The first-order valence-corrected chi connectivity index (χ1v) is 8.91. The van der Waals surface area contributed by atoms with Crippen molar-refractivity contribution in [3.63, 3.8) is 0 Å². The third-order valence-electron chi connectivity index (χ3n) is 4.20. The fourth-order valence-corrected chi connectivity index (χ4v) is 3.54. The number of nitrogens with zero attached hydrogens (tertiary/aromatic N) is 3. The number of fused-ring (bicyclic) bond motifs is 1. The van der Waals surface area contributed by atoms with Crippen molar-refractivity contribution < 1.29 is 9.53 Å². The fourth-order valence-electron chi connectivity index (χ4n) is 2.55. The Morgan fingerprint density at radius 2 is 2.04 bits per heavy atom. The van der Waals surface area contributed by atoms with Gasteiger partial charge >= 0.3 is 5.97 Å². The van der Waals surface area contributed by atoms with Gasteiger partial charge in [-0.3, -0.25) is 14.2 Å². The third kappa shape index (κ3) is 3.65. The highest BCUT2D eigenvalue weighted by Gasteiger charge is 2.13. The summed E-state index contributed by atoms with van der Waals surface area (Å²) in [4.78, 5) is 30.6. The SMILES string of the molecule is Cc1sc2ncn(CCC(=O)OCc3ccc(C#N)cc3)c(=O)c2c1C. The zero-order chi connectivity index (χ0) is 18.7. The molecule has 0 atom stereocenters. The molecule has 0 aliphatic carbocycles. The molecule has 0 bridgehead atoms. The van der Waals surface area contributed by atoms with Gasteiger partial charge in [-0.05, 0) is 37.1 Å². The first kappa shape index (κ1) is 17.8.